The van der Waals surface area contributed by atoms with E-state index in [1.54, 1.807) is 0 Å². The Morgan fingerprint density at radius 2 is 1.67 bits per heavy atom. The van der Waals surface area contributed by atoms with E-state index in [1.165, 1.54) is 18.2 Å². The number of nitrogens with zero attached hydrogens (tertiary/aromatic N) is 1. The average Bonchev–Trinajstić information content (AvgIpc) is 3.06. The number of rotatable bonds is 4. The lowest BCUT2D eigenvalue weighted by Crippen LogP contribution is -2.34. The van der Waals surface area contributed by atoms with E-state index in [0.29, 0.717) is 5.69 Å². The Morgan fingerprint density at radius 3 is 2.27 bits per heavy atom. The van der Waals surface area contributed by atoms with Gasteiger partial charge in [-0.05, 0) is 36.3 Å². The van der Waals surface area contributed by atoms with Crippen molar-refractivity contribution >= 4 is 40.0 Å². The van der Waals surface area contributed by atoms with Gasteiger partial charge in [-0.15, -0.1) is 0 Å². The van der Waals surface area contributed by atoms with E-state index in [-0.39, 0.29) is 34.5 Å². The molecule has 1 aromatic heterocycles. The van der Waals surface area contributed by atoms with Crippen LogP contribution in [0.1, 0.15) is 20.3 Å². The number of carbonyl (C=O) groups is 1. The summed E-state index contributed by atoms with van der Waals surface area (Å²) in [5, 5.41) is 5.24. The standard InChI is InChI=1S/C19H14F5N3O2S/c1-7(2)5-11(28)27-19(30)25-8-3-4-10-9(6-8)26-18(29-10)12-13(20)15(22)17(24)16(23)14(12)21/h3-4,6-7H,5H2,1-2H3,(H2,25,27,28,30). The lowest BCUT2D eigenvalue weighted by molar-refractivity contribution is -0.120. The molecule has 0 aliphatic heterocycles. The van der Waals surface area contributed by atoms with Crippen LogP contribution in [0.4, 0.5) is 27.6 Å². The molecule has 1 heterocycles. The highest BCUT2D eigenvalue weighted by Crippen LogP contribution is 2.33. The summed E-state index contributed by atoms with van der Waals surface area (Å²) in [6.07, 6.45) is 0.273. The van der Waals surface area contributed by atoms with Crippen molar-refractivity contribution < 1.29 is 31.2 Å². The first kappa shape index (κ1) is 21.6. The third kappa shape index (κ3) is 4.25. The highest BCUT2D eigenvalue weighted by molar-refractivity contribution is 7.80. The van der Waals surface area contributed by atoms with Gasteiger partial charge in [-0.3, -0.25) is 4.79 Å². The molecule has 5 nitrogen and oxygen atoms in total. The molecule has 2 N–H and O–H groups in total. The van der Waals surface area contributed by atoms with Crippen molar-refractivity contribution in [3.8, 4) is 11.5 Å². The molecular formula is C19H14F5N3O2S. The molecule has 2 aromatic carbocycles. The number of halogens is 5. The van der Waals surface area contributed by atoms with Crippen LogP contribution < -0.4 is 10.6 Å². The van der Waals surface area contributed by atoms with Gasteiger partial charge in [0.25, 0.3) is 0 Å². The van der Waals surface area contributed by atoms with Crippen molar-refractivity contribution in [3.05, 3.63) is 47.3 Å². The number of amides is 1. The summed E-state index contributed by atoms with van der Waals surface area (Å²) in [5.74, 6) is -11.5. The molecule has 11 heteroatoms. The van der Waals surface area contributed by atoms with Crippen LogP contribution in [0.3, 0.4) is 0 Å². The SMILES string of the molecule is CC(C)CC(=O)NC(=S)Nc1ccc2oc(-c3c(F)c(F)c(F)c(F)c3F)nc2c1. The maximum absolute atomic E-state index is 14.0. The smallest absolute Gasteiger partial charge is 0.233 e. The van der Waals surface area contributed by atoms with E-state index in [0.717, 1.165) is 0 Å². The van der Waals surface area contributed by atoms with E-state index in [2.05, 4.69) is 15.6 Å². The Hall–Kier alpha value is -3.08. The predicted octanol–water partition coefficient (Wildman–Crippen LogP) is 5.05. The summed E-state index contributed by atoms with van der Waals surface area (Å²) in [7, 11) is 0. The van der Waals surface area contributed by atoms with E-state index >= 15 is 0 Å². The number of thiocarbonyl (C=S) groups is 1. The Bertz CT molecular complexity index is 1130. The van der Waals surface area contributed by atoms with E-state index < -0.39 is 40.5 Å². The molecule has 0 spiro atoms. The fourth-order valence-electron chi connectivity index (χ4n) is 2.62. The van der Waals surface area contributed by atoms with Gasteiger partial charge < -0.3 is 15.1 Å². The lowest BCUT2D eigenvalue weighted by atomic mass is 10.1. The van der Waals surface area contributed by atoms with Gasteiger partial charge in [0.15, 0.2) is 34.0 Å². The third-order valence-electron chi connectivity index (χ3n) is 3.92. The Morgan fingerprint density at radius 1 is 1.07 bits per heavy atom. The molecule has 0 saturated carbocycles. The highest BCUT2D eigenvalue weighted by Gasteiger charge is 2.29. The maximum Gasteiger partial charge on any atom is 0.233 e. The van der Waals surface area contributed by atoms with Crippen molar-refractivity contribution in [1.29, 1.82) is 0 Å². The fourth-order valence-corrected chi connectivity index (χ4v) is 2.85. The van der Waals surface area contributed by atoms with Gasteiger partial charge in [0.1, 0.15) is 11.1 Å². The highest BCUT2D eigenvalue weighted by atomic mass is 32.1. The molecule has 158 valence electrons. The topological polar surface area (TPSA) is 67.2 Å². The second kappa shape index (κ2) is 8.34. The molecule has 1 amide bonds. The van der Waals surface area contributed by atoms with Gasteiger partial charge in [-0.25, -0.2) is 26.9 Å². The van der Waals surface area contributed by atoms with Crippen LogP contribution in [0, 0.1) is 35.0 Å². The monoisotopic (exact) mass is 443 g/mol. The lowest BCUT2D eigenvalue weighted by Gasteiger charge is -2.10. The molecule has 0 radical (unpaired) electrons. The minimum atomic E-state index is -2.27. The molecular weight excluding hydrogens is 429 g/mol. The summed E-state index contributed by atoms with van der Waals surface area (Å²) in [5.41, 5.74) is -0.812. The zero-order valence-corrected chi connectivity index (χ0v) is 16.4. The van der Waals surface area contributed by atoms with Crippen molar-refractivity contribution in [1.82, 2.24) is 10.3 Å². The Kier molecular flexibility index (Phi) is 6.01. The zero-order valence-electron chi connectivity index (χ0n) is 15.6. The molecule has 3 rings (SSSR count). The minimum Gasteiger partial charge on any atom is -0.436 e. The van der Waals surface area contributed by atoms with Gasteiger partial charge in [0.05, 0.1) is 0 Å². The quantitative estimate of drug-likeness (QED) is 0.256. The van der Waals surface area contributed by atoms with Crippen molar-refractivity contribution in [2.45, 2.75) is 20.3 Å². The Balaban J connectivity index is 1.89. The normalized spacial score (nSPS) is 11.2. The first-order valence-electron chi connectivity index (χ1n) is 8.61. The van der Waals surface area contributed by atoms with Gasteiger partial charge in [0, 0.05) is 12.1 Å². The van der Waals surface area contributed by atoms with Crippen LogP contribution in [0.15, 0.2) is 22.6 Å². The van der Waals surface area contributed by atoms with Crippen molar-refractivity contribution in [2.24, 2.45) is 5.92 Å². The van der Waals surface area contributed by atoms with Crippen LogP contribution in [0.2, 0.25) is 0 Å². The zero-order chi connectivity index (χ0) is 22.2. The van der Waals surface area contributed by atoms with Crippen LogP contribution in [-0.2, 0) is 4.79 Å². The molecule has 0 fully saturated rings. The molecule has 30 heavy (non-hydrogen) atoms. The first-order valence-corrected chi connectivity index (χ1v) is 9.02. The number of hydrogen-bond donors (Lipinski definition) is 2. The molecule has 0 unspecified atom stereocenters. The molecule has 0 bridgehead atoms. The number of anilines is 1. The fraction of sp³-hybridized carbons (Fsp3) is 0.211. The van der Waals surface area contributed by atoms with Crippen molar-refractivity contribution in [3.63, 3.8) is 0 Å². The van der Waals surface area contributed by atoms with E-state index in [9.17, 15) is 26.7 Å². The van der Waals surface area contributed by atoms with Crippen LogP contribution >= 0.6 is 12.2 Å². The molecule has 3 aromatic rings. The largest absolute Gasteiger partial charge is 0.436 e. The number of carbonyl (C=O) groups excluding carboxylic acids is 1. The second-order valence-electron chi connectivity index (χ2n) is 6.75. The van der Waals surface area contributed by atoms with E-state index in [1.807, 2.05) is 13.8 Å². The predicted molar refractivity (Wildman–Crippen MR) is 103 cm³/mol. The summed E-state index contributed by atoms with van der Waals surface area (Å²) in [4.78, 5) is 15.6. The van der Waals surface area contributed by atoms with Crippen LogP contribution in [-0.4, -0.2) is 16.0 Å². The van der Waals surface area contributed by atoms with Crippen LogP contribution in [0.5, 0.6) is 0 Å². The third-order valence-corrected chi connectivity index (χ3v) is 4.12. The summed E-state index contributed by atoms with van der Waals surface area (Å²) >= 11 is 5.04. The Labute approximate surface area is 172 Å². The minimum absolute atomic E-state index is 0.0171. The number of nitrogens with one attached hydrogen (secondary N) is 2. The summed E-state index contributed by atoms with van der Waals surface area (Å²) < 4.78 is 73.2. The maximum atomic E-state index is 14.0. The number of oxazole rings is 1. The average molecular weight is 443 g/mol. The molecule has 0 saturated heterocycles. The van der Waals surface area contributed by atoms with Crippen LogP contribution in [0.25, 0.3) is 22.6 Å². The van der Waals surface area contributed by atoms with Crippen molar-refractivity contribution in [2.75, 3.05) is 5.32 Å². The molecule has 0 aliphatic carbocycles. The number of aromatic nitrogens is 1. The number of fused-ring (bicyclic) bond motifs is 1. The van der Waals surface area contributed by atoms with Gasteiger partial charge >= 0.3 is 0 Å². The van der Waals surface area contributed by atoms with Gasteiger partial charge in [0.2, 0.25) is 17.6 Å². The summed E-state index contributed by atoms with van der Waals surface area (Å²) in [6, 6.07) is 4.20. The van der Waals surface area contributed by atoms with Gasteiger partial charge in [-0.2, -0.15) is 0 Å². The summed E-state index contributed by atoms with van der Waals surface area (Å²) in [6.45, 7) is 3.74. The molecule has 0 aliphatic rings. The second-order valence-corrected chi connectivity index (χ2v) is 7.15. The number of hydrogen-bond acceptors (Lipinski definition) is 4. The first-order chi connectivity index (χ1) is 14.1. The van der Waals surface area contributed by atoms with E-state index in [4.69, 9.17) is 16.6 Å². The molecule has 0 atom stereocenters. The number of benzene rings is 2. The van der Waals surface area contributed by atoms with Gasteiger partial charge in [-0.1, -0.05) is 13.8 Å².